The highest BCUT2D eigenvalue weighted by Gasteiger charge is 2.07. The van der Waals surface area contributed by atoms with Gasteiger partial charge in [-0.25, -0.2) is 0 Å². The number of hydrogen-bond donors (Lipinski definition) is 0. The summed E-state index contributed by atoms with van der Waals surface area (Å²) in [6, 6.07) is 14.1. The van der Waals surface area contributed by atoms with Crippen molar-refractivity contribution in [1.82, 2.24) is 0 Å². The zero-order valence-corrected chi connectivity index (χ0v) is 10.4. The average molecular weight is 224 g/mol. The molecule has 2 aromatic carbocycles. The zero-order chi connectivity index (χ0) is 12.3. The van der Waals surface area contributed by atoms with E-state index < -0.39 is 0 Å². The first-order valence-corrected chi connectivity index (χ1v) is 5.72. The minimum Gasteiger partial charge on any atom is -0.295 e. The van der Waals surface area contributed by atoms with Gasteiger partial charge < -0.3 is 0 Å². The van der Waals surface area contributed by atoms with Crippen molar-refractivity contribution >= 4 is 6.29 Å². The molecule has 0 amide bonds. The lowest BCUT2D eigenvalue weighted by Crippen LogP contribution is -1.87. The molecule has 2 aromatic rings. The SMILES string of the molecule is Cc1cc(C)c([O+]=[C-]c2ccccc2)c(C)c1. The van der Waals surface area contributed by atoms with E-state index in [9.17, 15) is 0 Å². The highest BCUT2D eigenvalue weighted by atomic mass is 16.4. The van der Waals surface area contributed by atoms with Crippen LogP contribution < -0.4 is 0 Å². The van der Waals surface area contributed by atoms with Gasteiger partial charge in [-0.1, -0.05) is 23.8 Å². The molecule has 0 aliphatic rings. The molecule has 0 radical (unpaired) electrons. The molecule has 0 N–H and O–H groups in total. The fourth-order valence-electron chi connectivity index (χ4n) is 1.94. The molecule has 1 heteroatoms. The first-order valence-electron chi connectivity index (χ1n) is 5.72. The summed E-state index contributed by atoms with van der Waals surface area (Å²) in [6.45, 7) is 6.21. The van der Waals surface area contributed by atoms with E-state index in [1.807, 2.05) is 30.3 Å². The van der Waals surface area contributed by atoms with Crippen molar-refractivity contribution < 1.29 is 4.42 Å². The highest BCUT2D eigenvalue weighted by Crippen LogP contribution is 2.24. The van der Waals surface area contributed by atoms with Gasteiger partial charge in [-0.3, -0.25) is 4.42 Å². The van der Waals surface area contributed by atoms with E-state index in [1.54, 1.807) is 0 Å². The van der Waals surface area contributed by atoms with E-state index in [0.717, 1.165) is 22.4 Å². The summed E-state index contributed by atoms with van der Waals surface area (Å²) in [6.07, 6.45) is 2.96. The number of carbonyl (C=O) groups excluding carboxylic acids is 1. The van der Waals surface area contributed by atoms with Crippen molar-refractivity contribution in [2.75, 3.05) is 0 Å². The van der Waals surface area contributed by atoms with E-state index in [1.165, 1.54) is 5.56 Å². The van der Waals surface area contributed by atoms with E-state index in [0.29, 0.717) is 0 Å². The molecule has 0 aromatic heterocycles. The number of rotatable bonds is 2. The maximum atomic E-state index is 5.66. The van der Waals surface area contributed by atoms with Crippen LogP contribution in [-0.4, -0.2) is 6.29 Å². The second kappa shape index (κ2) is 4.96. The molecule has 0 atom stereocenters. The fourth-order valence-corrected chi connectivity index (χ4v) is 1.94. The van der Waals surface area contributed by atoms with Crippen molar-refractivity contribution in [3.05, 3.63) is 64.7 Å². The topological polar surface area (TPSA) is 11.3 Å². The lowest BCUT2D eigenvalue weighted by molar-refractivity contribution is 0.249. The van der Waals surface area contributed by atoms with Gasteiger partial charge in [-0.15, -0.1) is 24.3 Å². The summed E-state index contributed by atoms with van der Waals surface area (Å²) in [4.78, 5) is 0. The Bertz CT molecular complexity index is 516. The Morgan fingerprint density at radius 1 is 0.882 bits per heavy atom. The summed E-state index contributed by atoms with van der Waals surface area (Å²) in [5.41, 5.74) is 4.50. The fraction of sp³-hybridized carbons (Fsp3) is 0.188. The molecule has 0 saturated heterocycles. The normalized spacial score (nSPS) is 11.0. The highest BCUT2D eigenvalue weighted by molar-refractivity contribution is 5.76. The van der Waals surface area contributed by atoms with Gasteiger partial charge in [0.25, 0.3) is 5.75 Å². The van der Waals surface area contributed by atoms with Crippen LogP contribution in [0.25, 0.3) is 0 Å². The maximum Gasteiger partial charge on any atom is 0.328 e. The lowest BCUT2D eigenvalue weighted by atomic mass is 10.1. The van der Waals surface area contributed by atoms with Gasteiger partial charge in [0, 0.05) is 11.1 Å². The third kappa shape index (κ3) is 2.82. The molecule has 0 aliphatic carbocycles. The van der Waals surface area contributed by atoms with Gasteiger partial charge in [0.15, 0.2) is 0 Å². The molecule has 17 heavy (non-hydrogen) atoms. The molecule has 0 spiro atoms. The van der Waals surface area contributed by atoms with E-state index in [2.05, 4.69) is 39.2 Å². The van der Waals surface area contributed by atoms with Crippen LogP contribution in [0.5, 0.6) is 5.75 Å². The molecule has 0 heterocycles. The first-order chi connectivity index (χ1) is 8.16. The van der Waals surface area contributed by atoms with Crippen LogP contribution in [0.2, 0.25) is 0 Å². The third-order valence-corrected chi connectivity index (χ3v) is 2.65. The van der Waals surface area contributed by atoms with Crippen LogP contribution in [0.3, 0.4) is 0 Å². The van der Waals surface area contributed by atoms with Gasteiger partial charge in [0.2, 0.25) is 0 Å². The quantitative estimate of drug-likeness (QED) is 0.539. The Morgan fingerprint density at radius 2 is 1.47 bits per heavy atom. The van der Waals surface area contributed by atoms with Gasteiger partial charge in [-0.2, -0.15) is 0 Å². The summed E-state index contributed by atoms with van der Waals surface area (Å²) in [5, 5.41) is 0. The Hall–Kier alpha value is -1.89. The van der Waals surface area contributed by atoms with Crippen LogP contribution >= 0.6 is 0 Å². The molecule has 0 bridgehead atoms. The van der Waals surface area contributed by atoms with Gasteiger partial charge in [0.05, 0.1) is 0 Å². The zero-order valence-electron chi connectivity index (χ0n) is 10.4. The average Bonchev–Trinajstić information content (AvgIpc) is 2.29. The molecular weight excluding hydrogens is 208 g/mol. The number of hydrogen-bond acceptors (Lipinski definition) is 0. The van der Waals surface area contributed by atoms with Gasteiger partial charge in [0.1, 0.15) is 0 Å². The molecule has 0 fully saturated rings. The standard InChI is InChI=1S/C16H16O/c1-12-9-13(2)16(14(3)10-12)17-11-15-7-5-4-6-8-15/h4-10H,1-3H3. The number of benzene rings is 2. The Morgan fingerprint density at radius 3 is 2.06 bits per heavy atom. The molecule has 0 aliphatic heterocycles. The molecule has 86 valence electrons. The second-order valence-electron chi connectivity index (χ2n) is 4.30. The van der Waals surface area contributed by atoms with Crippen LogP contribution in [0, 0.1) is 20.8 Å². The van der Waals surface area contributed by atoms with Crippen molar-refractivity contribution in [1.29, 1.82) is 0 Å². The van der Waals surface area contributed by atoms with Crippen molar-refractivity contribution in [2.45, 2.75) is 20.8 Å². The predicted octanol–water partition coefficient (Wildman–Crippen LogP) is 4.02. The van der Waals surface area contributed by atoms with Crippen molar-refractivity contribution in [2.24, 2.45) is 0 Å². The third-order valence-electron chi connectivity index (χ3n) is 2.65. The Balaban J connectivity index is 2.34. The Labute approximate surface area is 102 Å². The second-order valence-corrected chi connectivity index (χ2v) is 4.30. The first kappa shape index (κ1) is 11.6. The molecule has 0 unspecified atom stereocenters. The van der Waals surface area contributed by atoms with Crippen molar-refractivity contribution in [3.63, 3.8) is 0 Å². The predicted molar refractivity (Wildman–Crippen MR) is 71.3 cm³/mol. The van der Waals surface area contributed by atoms with Crippen LogP contribution in [0.1, 0.15) is 22.3 Å². The van der Waals surface area contributed by atoms with Crippen molar-refractivity contribution in [3.8, 4) is 5.75 Å². The monoisotopic (exact) mass is 224 g/mol. The van der Waals surface area contributed by atoms with Gasteiger partial charge >= 0.3 is 6.29 Å². The minimum absolute atomic E-state index is 0.902. The summed E-state index contributed by atoms with van der Waals surface area (Å²) < 4.78 is 5.66. The Kier molecular flexibility index (Phi) is 3.38. The smallest absolute Gasteiger partial charge is 0.295 e. The molecule has 1 nitrogen and oxygen atoms in total. The summed E-state index contributed by atoms with van der Waals surface area (Å²) in [7, 11) is 0. The van der Waals surface area contributed by atoms with Crippen LogP contribution in [0.15, 0.2) is 42.5 Å². The summed E-state index contributed by atoms with van der Waals surface area (Å²) >= 11 is 0. The largest absolute Gasteiger partial charge is 0.328 e. The number of aryl methyl sites for hydroxylation is 3. The summed E-state index contributed by atoms with van der Waals surface area (Å²) in [5.74, 6) is 0.902. The molecule has 0 saturated carbocycles. The van der Waals surface area contributed by atoms with E-state index in [-0.39, 0.29) is 0 Å². The lowest BCUT2D eigenvalue weighted by Gasteiger charge is -2.01. The van der Waals surface area contributed by atoms with Crippen LogP contribution in [-0.2, 0) is 4.42 Å². The van der Waals surface area contributed by atoms with Crippen LogP contribution in [0.4, 0.5) is 0 Å². The molecular formula is C16H16O. The van der Waals surface area contributed by atoms with E-state index >= 15 is 0 Å². The minimum atomic E-state index is 0.902. The van der Waals surface area contributed by atoms with E-state index in [4.69, 9.17) is 4.42 Å². The molecule has 2 rings (SSSR count). The maximum absolute atomic E-state index is 5.66. The van der Waals surface area contributed by atoms with Gasteiger partial charge in [-0.05, 0) is 26.3 Å².